The third-order valence-electron chi connectivity index (χ3n) is 3.19. The number of hydrogen-bond acceptors (Lipinski definition) is 2. The maximum Gasteiger partial charge on any atom is 0.119 e. The van der Waals surface area contributed by atoms with Crippen LogP contribution in [0.3, 0.4) is 0 Å². The smallest absolute Gasteiger partial charge is 0.119 e. The largest absolute Gasteiger partial charge is 0.497 e. The molecule has 0 saturated carbocycles. The standard InChI is InChI=1S/C13H17NO/c1-9-11(8-14)4-3-10-7-12(15-2)5-6-13(9)10/h5-7H,3-4,8,14H2,1-2H3. The van der Waals surface area contributed by atoms with E-state index in [1.54, 1.807) is 7.11 Å². The van der Waals surface area contributed by atoms with Crippen molar-refractivity contribution in [2.24, 2.45) is 5.73 Å². The van der Waals surface area contributed by atoms with Gasteiger partial charge in [0, 0.05) is 6.54 Å². The lowest BCUT2D eigenvalue weighted by atomic mass is 9.86. The van der Waals surface area contributed by atoms with E-state index in [1.807, 2.05) is 6.07 Å². The van der Waals surface area contributed by atoms with Crippen molar-refractivity contribution in [1.29, 1.82) is 0 Å². The second-order valence-electron chi connectivity index (χ2n) is 3.96. The number of aryl methyl sites for hydroxylation is 1. The third kappa shape index (κ3) is 1.77. The van der Waals surface area contributed by atoms with Gasteiger partial charge in [0.15, 0.2) is 0 Å². The molecule has 1 aliphatic carbocycles. The Morgan fingerprint density at radius 2 is 2.13 bits per heavy atom. The third-order valence-corrected chi connectivity index (χ3v) is 3.19. The Labute approximate surface area is 90.7 Å². The minimum Gasteiger partial charge on any atom is -0.497 e. The van der Waals surface area contributed by atoms with E-state index in [1.165, 1.54) is 22.3 Å². The molecule has 0 aromatic heterocycles. The van der Waals surface area contributed by atoms with Crippen molar-refractivity contribution in [2.45, 2.75) is 19.8 Å². The van der Waals surface area contributed by atoms with Crippen LogP contribution < -0.4 is 10.5 Å². The van der Waals surface area contributed by atoms with Gasteiger partial charge in [-0.2, -0.15) is 0 Å². The molecule has 1 aromatic rings. The predicted octanol–water partition coefficient (Wildman–Crippen LogP) is 2.37. The molecule has 2 heteroatoms. The van der Waals surface area contributed by atoms with Crippen LogP contribution in [0.2, 0.25) is 0 Å². The molecule has 0 bridgehead atoms. The monoisotopic (exact) mass is 203 g/mol. The summed E-state index contributed by atoms with van der Waals surface area (Å²) in [5, 5.41) is 0. The lowest BCUT2D eigenvalue weighted by molar-refractivity contribution is 0.414. The Balaban J connectivity index is 2.47. The topological polar surface area (TPSA) is 35.2 Å². The number of ether oxygens (including phenoxy) is 1. The summed E-state index contributed by atoms with van der Waals surface area (Å²) in [6.45, 7) is 2.84. The molecule has 80 valence electrons. The van der Waals surface area contributed by atoms with Gasteiger partial charge in [0.05, 0.1) is 7.11 Å². The first-order valence-electron chi connectivity index (χ1n) is 5.32. The van der Waals surface area contributed by atoms with E-state index in [9.17, 15) is 0 Å². The fraction of sp³-hybridized carbons (Fsp3) is 0.385. The van der Waals surface area contributed by atoms with Crippen molar-refractivity contribution in [1.82, 2.24) is 0 Å². The summed E-state index contributed by atoms with van der Waals surface area (Å²) in [7, 11) is 1.71. The van der Waals surface area contributed by atoms with Crippen LogP contribution in [0.15, 0.2) is 23.8 Å². The molecule has 0 spiro atoms. The fourth-order valence-corrected chi connectivity index (χ4v) is 2.19. The van der Waals surface area contributed by atoms with Gasteiger partial charge >= 0.3 is 0 Å². The summed E-state index contributed by atoms with van der Waals surface area (Å²) in [5.41, 5.74) is 11.2. The highest BCUT2D eigenvalue weighted by atomic mass is 16.5. The van der Waals surface area contributed by atoms with E-state index in [4.69, 9.17) is 10.5 Å². The molecule has 0 atom stereocenters. The molecule has 0 radical (unpaired) electrons. The SMILES string of the molecule is COc1ccc2c(c1)CCC(CN)=C2C. The van der Waals surface area contributed by atoms with Crippen LogP contribution in [0.25, 0.3) is 5.57 Å². The first kappa shape index (κ1) is 10.2. The average Bonchev–Trinajstić information content (AvgIpc) is 2.29. The maximum absolute atomic E-state index is 5.72. The van der Waals surface area contributed by atoms with Gasteiger partial charge in [-0.05, 0) is 48.6 Å². The highest BCUT2D eigenvalue weighted by Gasteiger charge is 2.15. The summed E-state index contributed by atoms with van der Waals surface area (Å²) in [5.74, 6) is 0.942. The van der Waals surface area contributed by atoms with Crippen molar-refractivity contribution >= 4 is 5.57 Å². The average molecular weight is 203 g/mol. The number of fused-ring (bicyclic) bond motifs is 1. The van der Waals surface area contributed by atoms with Crippen molar-refractivity contribution in [2.75, 3.05) is 13.7 Å². The van der Waals surface area contributed by atoms with Gasteiger partial charge in [0.1, 0.15) is 5.75 Å². The van der Waals surface area contributed by atoms with E-state index in [0.29, 0.717) is 6.54 Å². The second-order valence-corrected chi connectivity index (χ2v) is 3.96. The molecule has 2 nitrogen and oxygen atoms in total. The molecule has 1 aliphatic rings. The summed E-state index contributed by atoms with van der Waals surface area (Å²) in [4.78, 5) is 0. The molecule has 0 unspecified atom stereocenters. The molecule has 0 fully saturated rings. The van der Waals surface area contributed by atoms with E-state index in [0.717, 1.165) is 18.6 Å². The van der Waals surface area contributed by atoms with Crippen LogP contribution in [0.4, 0.5) is 0 Å². The molecule has 0 aliphatic heterocycles. The zero-order chi connectivity index (χ0) is 10.8. The van der Waals surface area contributed by atoms with Gasteiger partial charge in [-0.1, -0.05) is 11.6 Å². The number of allylic oxidation sites excluding steroid dienone is 1. The van der Waals surface area contributed by atoms with Crippen molar-refractivity contribution < 1.29 is 4.74 Å². The molecule has 15 heavy (non-hydrogen) atoms. The van der Waals surface area contributed by atoms with E-state index >= 15 is 0 Å². The van der Waals surface area contributed by atoms with Gasteiger partial charge in [0.2, 0.25) is 0 Å². The normalized spacial score (nSPS) is 15.1. The molecule has 1 aromatic carbocycles. The van der Waals surface area contributed by atoms with Crippen LogP contribution in [-0.4, -0.2) is 13.7 Å². The molecule has 0 heterocycles. The summed E-state index contributed by atoms with van der Waals surface area (Å²) in [6, 6.07) is 6.28. The van der Waals surface area contributed by atoms with Crippen LogP contribution in [0.5, 0.6) is 5.75 Å². The Morgan fingerprint density at radius 1 is 1.33 bits per heavy atom. The minimum absolute atomic E-state index is 0.678. The predicted molar refractivity (Wildman–Crippen MR) is 63.0 cm³/mol. The Hall–Kier alpha value is -1.28. The highest BCUT2D eigenvalue weighted by molar-refractivity contribution is 5.72. The second kappa shape index (κ2) is 4.07. The molecular weight excluding hydrogens is 186 g/mol. The van der Waals surface area contributed by atoms with E-state index < -0.39 is 0 Å². The van der Waals surface area contributed by atoms with Crippen LogP contribution in [-0.2, 0) is 6.42 Å². The zero-order valence-electron chi connectivity index (χ0n) is 9.34. The van der Waals surface area contributed by atoms with Crippen LogP contribution in [0, 0.1) is 0 Å². The molecule has 2 rings (SSSR count). The Morgan fingerprint density at radius 3 is 2.80 bits per heavy atom. The van der Waals surface area contributed by atoms with Crippen LogP contribution in [0.1, 0.15) is 24.5 Å². The first-order chi connectivity index (χ1) is 7.26. The van der Waals surface area contributed by atoms with Crippen molar-refractivity contribution in [3.8, 4) is 5.75 Å². The zero-order valence-corrected chi connectivity index (χ0v) is 9.34. The number of rotatable bonds is 2. The Bertz CT molecular complexity index is 407. The quantitative estimate of drug-likeness (QED) is 0.801. The first-order valence-corrected chi connectivity index (χ1v) is 5.32. The fourth-order valence-electron chi connectivity index (χ4n) is 2.19. The summed E-state index contributed by atoms with van der Waals surface area (Å²) in [6.07, 6.45) is 2.17. The number of nitrogens with two attached hydrogens (primary N) is 1. The van der Waals surface area contributed by atoms with Gasteiger partial charge in [0.25, 0.3) is 0 Å². The lowest BCUT2D eigenvalue weighted by Crippen LogP contribution is -2.11. The number of methoxy groups -OCH3 is 1. The minimum atomic E-state index is 0.678. The van der Waals surface area contributed by atoms with Gasteiger partial charge in [-0.3, -0.25) is 0 Å². The van der Waals surface area contributed by atoms with Crippen LogP contribution >= 0.6 is 0 Å². The van der Waals surface area contributed by atoms with E-state index in [-0.39, 0.29) is 0 Å². The van der Waals surface area contributed by atoms with Gasteiger partial charge in [-0.15, -0.1) is 0 Å². The van der Waals surface area contributed by atoms with Crippen molar-refractivity contribution in [3.63, 3.8) is 0 Å². The van der Waals surface area contributed by atoms with E-state index in [2.05, 4.69) is 19.1 Å². The van der Waals surface area contributed by atoms with Gasteiger partial charge < -0.3 is 10.5 Å². The number of benzene rings is 1. The number of hydrogen-bond donors (Lipinski definition) is 1. The van der Waals surface area contributed by atoms with Gasteiger partial charge in [-0.25, -0.2) is 0 Å². The molecule has 2 N–H and O–H groups in total. The summed E-state index contributed by atoms with van der Waals surface area (Å²) >= 11 is 0. The van der Waals surface area contributed by atoms with Crippen molar-refractivity contribution in [3.05, 3.63) is 34.9 Å². The molecule has 0 saturated heterocycles. The molecular formula is C13H17NO. The maximum atomic E-state index is 5.72. The molecule has 0 amide bonds. The lowest BCUT2D eigenvalue weighted by Gasteiger charge is -2.21. The Kier molecular flexibility index (Phi) is 2.78. The summed E-state index contributed by atoms with van der Waals surface area (Å²) < 4.78 is 5.23. The highest BCUT2D eigenvalue weighted by Crippen LogP contribution is 2.32.